The summed E-state index contributed by atoms with van der Waals surface area (Å²) in [7, 11) is 0. The van der Waals surface area contributed by atoms with Crippen molar-refractivity contribution in [3.05, 3.63) is 0 Å². The normalized spacial score (nSPS) is 10.6. The Morgan fingerprint density at radius 2 is 1.21 bits per heavy atom. The third-order valence-electron chi connectivity index (χ3n) is 3.49. The van der Waals surface area contributed by atoms with Gasteiger partial charge in [-0.1, -0.05) is 66.7 Å². The molecule has 5 heteroatoms. The molecular weight excluding hydrogens is 348 g/mol. The summed E-state index contributed by atoms with van der Waals surface area (Å²) in [5, 5.41) is 16.7. The minimum absolute atomic E-state index is 0. The monoisotopic (exact) mass is 386 g/mol. The fourth-order valence-corrected chi connectivity index (χ4v) is 2.11. The van der Waals surface area contributed by atoms with Crippen LogP contribution in [0, 0.1) is 11.3 Å². The summed E-state index contributed by atoms with van der Waals surface area (Å²) < 4.78 is 0. The van der Waals surface area contributed by atoms with Gasteiger partial charge in [-0.25, -0.2) is 0 Å². The van der Waals surface area contributed by atoms with E-state index >= 15 is 0 Å². The second-order valence-electron chi connectivity index (χ2n) is 7.90. The van der Waals surface area contributed by atoms with E-state index in [4.69, 9.17) is 10.2 Å². The Hall–Kier alpha value is -0.541. The first kappa shape index (κ1) is 28.3. The molecule has 0 aromatic carbocycles. The second kappa shape index (κ2) is 17.3. The van der Waals surface area contributed by atoms with Crippen LogP contribution in [0.15, 0.2) is 0 Å². The van der Waals surface area contributed by atoms with E-state index in [0.717, 1.165) is 38.0 Å². The SMILES string of the molecule is CC(C)(C)CCCCCC(=O)O.CC(C)CCCCCC(=O)O.[Fe]. The number of hydrogen-bond donors (Lipinski definition) is 2. The van der Waals surface area contributed by atoms with Crippen molar-refractivity contribution in [2.24, 2.45) is 11.3 Å². The zero-order valence-electron chi connectivity index (χ0n) is 16.2. The molecule has 0 heterocycles. The maximum Gasteiger partial charge on any atom is 0.303 e. The average molecular weight is 386 g/mol. The van der Waals surface area contributed by atoms with Crippen LogP contribution in [-0.4, -0.2) is 22.2 Å². The summed E-state index contributed by atoms with van der Waals surface area (Å²) >= 11 is 0. The summed E-state index contributed by atoms with van der Waals surface area (Å²) in [6, 6.07) is 0. The maximum atomic E-state index is 10.2. The van der Waals surface area contributed by atoms with Gasteiger partial charge >= 0.3 is 11.9 Å². The minimum atomic E-state index is -0.675. The minimum Gasteiger partial charge on any atom is -0.481 e. The summed E-state index contributed by atoms with van der Waals surface area (Å²) in [6.45, 7) is 11.0. The first-order valence-corrected chi connectivity index (χ1v) is 8.98. The number of rotatable bonds is 11. The first-order chi connectivity index (χ1) is 10.5. The Labute approximate surface area is 159 Å². The van der Waals surface area contributed by atoms with Gasteiger partial charge in [0.1, 0.15) is 0 Å². The van der Waals surface area contributed by atoms with Crippen LogP contribution < -0.4 is 0 Å². The molecule has 2 N–H and O–H groups in total. The molecule has 0 bridgehead atoms. The third-order valence-corrected chi connectivity index (χ3v) is 3.49. The van der Waals surface area contributed by atoms with Gasteiger partial charge in [-0.3, -0.25) is 9.59 Å². The van der Waals surface area contributed by atoms with Crippen LogP contribution in [0.25, 0.3) is 0 Å². The van der Waals surface area contributed by atoms with Crippen molar-refractivity contribution in [3.63, 3.8) is 0 Å². The van der Waals surface area contributed by atoms with Crippen LogP contribution in [-0.2, 0) is 26.7 Å². The van der Waals surface area contributed by atoms with Gasteiger partial charge in [-0.2, -0.15) is 0 Å². The van der Waals surface area contributed by atoms with Crippen molar-refractivity contribution in [2.75, 3.05) is 0 Å². The van der Waals surface area contributed by atoms with Gasteiger partial charge in [0.2, 0.25) is 0 Å². The van der Waals surface area contributed by atoms with Gasteiger partial charge in [0.25, 0.3) is 0 Å². The molecule has 24 heavy (non-hydrogen) atoms. The van der Waals surface area contributed by atoms with E-state index in [1.54, 1.807) is 0 Å². The van der Waals surface area contributed by atoms with Crippen molar-refractivity contribution in [1.82, 2.24) is 0 Å². The second-order valence-corrected chi connectivity index (χ2v) is 7.90. The van der Waals surface area contributed by atoms with Crippen LogP contribution >= 0.6 is 0 Å². The molecule has 4 nitrogen and oxygen atoms in total. The van der Waals surface area contributed by atoms with Crippen LogP contribution in [0.1, 0.15) is 98.8 Å². The average Bonchev–Trinajstić information content (AvgIpc) is 2.36. The third kappa shape index (κ3) is 33.2. The zero-order chi connectivity index (χ0) is 18.3. The van der Waals surface area contributed by atoms with Crippen molar-refractivity contribution in [3.8, 4) is 0 Å². The Bertz CT molecular complexity index is 309. The van der Waals surface area contributed by atoms with E-state index in [1.165, 1.54) is 19.3 Å². The van der Waals surface area contributed by atoms with Gasteiger partial charge in [0.05, 0.1) is 0 Å². The summed E-state index contributed by atoms with van der Waals surface area (Å²) in [6.07, 6.45) is 9.15. The number of aliphatic carboxylic acids is 2. The largest absolute Gasteiger partial charge is 0.481 e. The molecule has 0 saturated heterocycles. The topological polar surface area (TPSA) is 74.6 Å². The standard InChI is InChI=1S/C10H20O2.C9H18O2.Fe/c1-10(2,3)8-6-4-5-7-9(11)12;1-8(2)6-4-3-5-7-9(10)11;/h4-8H2,1-3H3,(H,11,12);8H,3-7H2,1-2H3,(H,10,11);. The molecule has 146 valence electrons. The fraction of sp³-hybridized carbons (Fsp3) is 0.895. The number of carboxylic acid groups (broad SMARTS) is 2. The summed E-state index contributed by atoms with van der Waals surface area (Å²) in [5.41, 5.74) is 0.392. The molecule has 0 radical (unpaired) electrons. The van der Waals surface area contributed by atoms with Crippen molar-refractivity contribution >= 4 is 11.9 Å². The predicted octanol–water partition coefficient (Wildman–Crippen LogP) is 5.74. The van der Waals surface area contributed by atoms with Crippen molar-refractivity contribution in [2.45, 2.75) is 98.8 Å². The molecule has 0 saturated carbocycles. The zero-order valence-corrected chi connectivity index (χ0v) is 17.3. The Balaban J connectivity index is -0.000000354. The fourth-order valence-electron chi connectivity index (χ4n) is 2.11. The molecule has 0 unspecified atom stereocenters. The van der Waals surface area contributed by atoms with E-state index in [-0.39, 0.29) is 17.1 Å². The molecule has 0 atom stereocenters. The van der Waals surface area contributed by atoms with Gasteiger partial charge in [0, 0.05) is 29.9 Å². The van der Waals surface area contributed by atoms with Gasteiger partial charge in [-0.15, -0.1) is 0 Å². The van der Waals surface area contributed by atoms with Gasteiger partial charge in [-0.05, 0) is 30.6 Å². The molecule has 0 aliphatic rings. The molecule has 0 spiro atoms. The first-order valence-electron chi connectivity index (χ1n) is 8.98. The van der Waals surface area contributed by atoms with Gasteiger partial charge in [0.15, 0.2) is 0 Å². The van der Waals surface area contributed by atoms with Crippen LogP contribution in [0.4, 0.5) is 0 Å². The Morgan fingerprint density at radius 1 is 0.792 bits per heavy atom. The molecule has 0 aliphatic heterocycles. The molecule has 0 aromatic heterocycles. The molecular formula is C19H38FeO4. The van der Waals surface area contributed by atoms with E-state index in [0.29, 0.717) is 18.3 Å². The van der Waals surface area contributed by atoms with Crippen molar-refractivity contribution in [1.29, 1.82) is 0 Å². The van der Waals surface area contributed by atoms with Crippen LogP contribution in [0.2, 0.25) is 0 Å². The quantitative estimate of drug-likeness (QED) is 0.351. The Kier molecular flexibility index (Phi) is 20.4. The number of carboxylic acids is 2. The predicted molar refractivity (Wildman–Crippen MR) is 95.7 cm³/mol. The number of carbonyl (C=O) groups is 2. The summed E-state index contributed by atoms with van der Waals surface area (Å²) in [5.74, 6) is -0.597. The van der Waals surface area contributed by atoms with E-state index in [9.17, 15) is 9.59 Å². The molecule has 0 amide bonds. The van der Waals surface area contributed by atoms with Gasteiger partial charge < -0.3 is 10.2 Å². The van der Waals surface area contributed by atoms with Crippen molar-refractivity contribution < 1.29 is 36.9 Å². The van der Waals surface area contributed by atoms with E-state index in [2.05, 4.69) is 34.6 Å². The van der Waals surface area contributed by atoms with Crippen LogP contribution in [0.5, 0.6) is 0 Å². The van der Waals surface area contributed by atoms with Crippen LogP contribution in [0.3, 0.4) is 0 Å². The molecule has 0 aliphatic carbocycles. The smallest absolute Gasteiger partial charge is 0.303 e. The summed E-state index contributed by atoms with van der Waals surface area (Å²) in [4.78, 5) is 20.3. The number of unbranched alkanes of at least 4 members (excludes halogenated alkanes) is 4. The van der Waals surface area contributed by atoms with E-state index in [1.807, 2.05) is 0 Å². The van der Waals surface area contributed by atoms with E-state index < -0.39 is 11.9 Å². The Morgan fingerprint density at radius 3 is 1.54 bits per heavy atom. The molecule has 0 rings (SSSR count). The molecule has 0 aromatic rings. The maximum absolute atomic E-state index is 10.2. The number of hydrogen-bond acceptors (Lipinski definition) is 2. The molecule has 0 fully saturated rings.